The normalized spacial score (nSPS) is 10.6. The third kappa shape index (κ3) is 1.66. The van der Waals surface area contributed by atoms with E-state index in [1.165, 1.54) is 6.07 Å². The SMILES string of the molecule is O=C([O-])c1c(Cl)c2cc(Cl)ccc2[nH]c1=O. The Balaban J connectivity index is 2.96. The molecule has 0 aliphatic heterocycles. The molecule has 0 bridgehead atoms. The first-order chi connectivity index (χ1) is 7.50. The second-order valence-electron chi connectivity index (χ2n) is 3.12. The fourth-order valence-electron chi connectivity index (χ4n) is 1.41. The number of carboxylic acid groups (broad SMARTS) is 1. The molecule has 1 N–H and O–H groups in total. The van der Waals surface area contributed by atoms with E-state index in [2.05, 4.69) is 4.98 Å². The number of pyridine rings is 1. The van der Waals surface area contributed by atoms with Gasteiger partial charge < -0.3 is 14.9 Å². The predicted octanol–water partition coefficient (Wildman–Crippen LogP) is 1.20. The molecule has 0 fully saturated rings. The van der Waals surface area contributed by atoms with Crippen molar-refractivity contribution in [1.29, 1.82) is 0 Å². The summed E-state index contributed by atoms with van der Waals surface area (Å²) >= 11 is 11.6. The lowest BCUT2D eigenvalue weighted by Crippen LogP contribution is -2.30. The summed E-state index contributed by atoms with van der Waals surface area (Å²) in [5.74, 6) is -1.62. The zero-order valence-electron chi connectivity index (χ0n) is 7.71. The van der Waals surface area contributed by atoms with Crippen LogP contribution in [0.2, 0.25) is 10.0 Å². The highest BCUT2D eigenvalue weighted by atomic mass is 35.5. The van der Waals surface area contributed by atoms with Crippen molar-refractivity contribution in [3.8, 4) is 0 Å². The second-order valence-corrected chi connectivity index (χ2v) is 3.93. The number of nitrogens with one attached hydrogen (secondary N) is 1. The van der Waals surface area contributed by atoms with E-state index < -0.39 is 17.1 Å². The van der Waals surface area contributed by atoms with Crippen LogP contribution in [0, 0.1) is 0 Å². The molecule has 2 aromatic rings. The molecule has 0 spiro atoms. The third-order valence-electron chi connectivity index (χ3n) is 2.12. The van der Waals surface area contributed by atoms with Crippen molar-refractivity contribution < 1.29 is 9.90 Å². The lowest BCUT2D eigenvalue weighted by molar-refractivity contribution is -0.255. The number of aromatic amines is 1. The van der Waals surface area contributed by atoms with E-state index in [1.807, 2.05) is 0 Å². The maximum absolute atomic E-state index is 11.4. The van der Waals surface area contributed by atoms with Gasteiger partial charge in [0.15, 0.2) is 0 Å². The molecule has 0 radical (unpaired) electrons. The van der Waals surface area contributed by atoms with Crippen molar-refractivity contribution in [2.75, 3.05) is 0 Å². The summed E-state index contributed by atoms with van der Waals surface area (Å²) in [6.07, 6.45) is 0. The Hall–Kier alpha value is -1.52. The Labute approximate surface area is 99.4 Å². The zero-order chi connectivity index (χ0) is 11.9. The number of hydrogen-bond donors (Lipinski definition) is 1. The lowest BCUT2D eigenvalue weighted by atomic mass is 10.1. The average molecular weight is 257 g/mol. The first kappa shape index (κ1) is 11.0. The highest BCUT2D eigenvalue weighted by molar-refractivity contribution is 6.39. The quantitative estimate of drug-likeness (QED) is 0.834. The molecule has 2 rings (SSSR count). The first-order valence-corrected chi connectivity index (χ1v) is 4.98. The molecular weight excluding hydrogens is 253 g/mol. The Morgan fingerprint density at radius 2 is 2.00 bits per heavy atom. The molecule has 6 heteroatoms. The Kier molecular flexibility index (Phi) is 2.61. The summed E-state index contributed by atoms with van der Waals surface area (Å²) < 4.78 is 0. The van der Waals surface area contributed by atoms with Crippen LogP contribution in [0.25, 0.3) is 10.9 Å². The zero-order valence-corrected chi connectivity index (χ0v) is 9.22. The van der Waals surface area contributed by atoms with Gasteiger partial charge in [0.1, 0.15) is 0 Å². The van der Waals surface area contributed by atoms with E-state index in [1.54, 1.807) is 12.1 Å². The van der Waals surface area contributed by atoms with E-state index in [-0.39, 0.29) is 5.02 Å². The Bertz CT molecular complexity index is 648. The van der Waals surface area contributed by atoms with Crippen LogP contribution in [-0.4, -0.2) is 11.0 Å². The smallest absolute Gasteiger partial charge is 0.259 e. The summed E-state index contributed by atoms with van der Waals surface area (Å²) in [5.41, 5.74) is -0.958. The average Bonchev–Trinajstić information content (AvgIpc) is 2.19. The summed E-state index contributed by atoms with van der Waals surface area (Å²) in [7, 11) is 0. The largest absolute Gasteiger partial charge is 0.545 e. The molecule has 0 unspecified atom stereocenters. The molecule has 82 valence electrons. The van der Waals surface area contributed by atoms with Gasteiger partial charge in [0.2, 0.25) is 0 Å². The number of carbonyl (C=O) groups is 1. The summed E-state index contributed by atoms with van der Waals surface area (Å²) in [6.45, 7) is 0. The molecule has 0 aliphatic carbocycles. The van der Waals surface area contributed by atoms with Crippen LogP contribution < -0.4 is 10.7 Å². The monoisotopic (exact) mass is 256 g/mol. The van der Waals surface area contributed by atoms with Gasteiger partial charge in [-0.3, -0.25) is 4.79 Å². The van der Waals surface area contributed by atoms with Gasteiger partial charge in [0.25, 0.3) is 5.56 Å². The van der Waals surface area contributed by atoms with E-state index in [9.17, 15) is 14.7 Å². The summed E-state index contributed by atoms with van der Waals surface area (Å²) in [6, 6.07) is 4.58. The van der Waals surface area contributed by atoms with Crippen molar-refractivity contribution in [3.05, 3.63) is 44.2 Å². The van der Waals surface area contributed by atoms with Crippen LogP contribution in [0.3, 0.4) is 0 Å². The maximum atomic E-state index is 11.4. The van der Waals surface area contributed by atoms with Crippen LogP contribution in [0.5, 0.6) is 0 Å². The summed E-state index contributed by atoms with van der Waals surface area (Å²) in [5, 5.41) is 11.3. The number of aromatic nitrogens is 1. The van der Waals surface area contributed by atoms with Gasteiger partial charge in [0, 0.05) is 15.9 Å². The number of benzene rings is 1. The van der Waals surface area contributed by atoms with Crippen LogP contribution in [0.1, 0.15) is 10.4 Å². The van der Waals surface area contributed by atoms with Crippen LogP contribution in [-0.2, 0) is 0 Å². The number of hydrogen-bond acceptors (Lipinski definition) is 3. The van der Waals surface area contributed by atoms with Crippen molar-refractivity contribution >= 4 is 40.1 Å². The Morgan fingerprint density at radius 3 is 2.62 bits per heavy atom. The third-order valence-corrected chi connectivity index (χ3v) is 2.74. The number of fused-ring (bicyclic) bond motifs is 1. The van der Waals surface area contributed by atoms with E-state index in [0.717, 1.165) is 0 Å². The van der Waals surface area contributed by atoms with Gasteiger partial charge in [-0.25, -0.2) is 0 Å². The molecule has 0 aliphatic rings. The molecule has 0 saturated heterocycles. The van der Waals surface area contributed by atoms with Gasteiger partial charge >= 0.3 is 0 Å². The lowest BCUT2D eigenvalue weighted by Gasteiger charge is -2.07. The maximum Gasteiger partial charge on any atom is 0.259 e. The van der Waals surface area contributed by atoms with Gasteiger partial charge in [-0.2, -0.15) is 0 Å². The number of rotatable bonds is 1. The second kappa shape index (κ2) is 3.81. The van der Waals surface area contributed by atoms with E-state index in [4.69, 9.17) is 23.2 Å². The van der Waals surface area contributed by atoms with Crippen LogP contribution >= 0.6 is 23.2 Å². The van der Waals surface area contributed by atoms with Crippen molar-refractivity contribution in [2.24, 2.45) is 0 Å². The number of carbonyl (C=O) groups excluding carboxylic acids is 1. The fourth-order valence-corrected chi connectivity index (χ4v) is 1.90. The molecule has 1 heterocycles. The number of H-pyrrole nitrogens is 1. The van der Waals surface area contributed by atoms with Gasteiger partial charge in [-0.1, -0.05) is 23.2 Å². The molecule has 0 atom stereocenters. The highest BCUT2D eigenvalue weighted by Crippen LogP contribution is 2.25. The molecular formula is C10H4Cl2NO3-. The minimum Gasteiger partial charge on any atom is -0.545 e. The van der Waals surface area contributed by atoms with Crippen molar-refractivity contribution in [3.63, 3.8) is 0 Å². The number of carboxylic acids is 1. The standard InChI is InChI=1S/C10H5Cl2NO3/c11-4-1-2-6-5(3-4)8(12)7(10(15)16)9(14)13-6/h1-3H,(H,13,14)(H,15,16)/p-1. The van der Waals surface area contributed by atoms with Crippen molar-refractivity contribution in [1.82, 2.24) is 4.98 Å². The summed E-state index contributed by atoms with van der Waals surface area (Å²) in [4.78, 5) is 24.5. The minimum atomic E-state index is -1.62. The minimum absolute atomic E-state index is 0.166. The van der Waals surface area contributed by atoms with Crippen molar-refractivity contribution in [2.45, 2.75) is 0 Å². The Morgan fingerprint density at radius 1 is 1.31 bits per heavy atom. The molecule has 1 aromatic heterocycles. The number of aromatic carboxylic acids is 1. The van der Waals surface area contributed by atoms with Gasteiger partial charge in [0.05, 0.1) is 16.6 Å². The predicted molar refractivity (Wildman–Crippen MR) is 58.9 cm³/mol. The van der Waals surface area contributed by atoms with Crippen LogP contribution in [0.15, 0.2) is 23.0 Å². The van der Waals surface area contributed by atoms with E-state index in [0.29, 0.717) is 15.9 Å². The molecule has 0 amide bonds. The highest BCUT2D eigenvalue weighted by Gasteiger charge is 2.11. The van der Waals surface area contributed by atoms with E-state index >= 15 is 0 Å². The van der Waals surface area contributed by atoms with Crippen LogP contribution in [0.4, 0.5) is 0 Å². The molecule has 16 heavy (non-hydrogen) atoms. The molecule has 4 nitrogen and oxygen atoms in total. The van der Waals surface area contributed by atoms with Gasteiger partial charge in [-0.15, -0.1) is 0 Å². The molecule has 1 aromatic carbocycles. The van der Waals surface area contributed by atoms with Gasteiger partial charge in [-0.05, 0) is 18.2 Å². The topological polar surface area (TPSA) is 73.0 Å². The molecule has 0 saturated carbocycles. The first-order valence-electron chi connectivity index (χ1n) is 4.23. The number of halogens is 2. The fraction of sp³-hybridized carbons (Fsp3) is 0.